The number of benzene rings is 1. The van der Waals surface area contributed by atoms with E-state index >= 15 is 0 Å². The van der Waals surface area contributed by atoms with Crippen LogP contribution in [0, 0.1) is 0 Å². The minimum absolute atomic E-state index is 0.265. The molecule has 0 aliphatic carbocycles. The van der Waals surface area contributed by atoms with Crippen molar-refractivity contribution in [2.24, 2.45) is 0 Å². The molecular formula is C9H9NOS. The number of carbonyl (C=O) groups is 1. The van der Waals surface area contributed by atoms with Gasteiger partial charge in [-0.25, -0.2) is 0 Å². The summed E-state index contributed by atoms with van der Waals surface area (Å²) >= 11 is 3.58. The fraction of sp³-hybridized carbons (Fsp3) is 0. The summed E-state index contributed by atoms with van der Waals surface area (Å²) in [6.07, 6.45) is 2.92. The number of hydrogen-bond acceptors (Lipinski definition) is 2. The first-order valence-corrected chi connectivity index (χ1v) is 3.95. The molecule has 0 spiro atoms. The third kappa shape index (κ3) is 3.25. The Morgan fingerprint density at radius 1 is 1.33 bits per heavy atom. The fourth-order valence-corrected chi connectivity index (χ4v) is 0.818. The molecule has 1 N–H and O–H groups in total. The Kier molecular flexibility index (Phi) is 3.41. The van der Waals surface area contributed by atoms with Crippen LogP contribution in [0.1, 0.15) is 0 Å². The van der Waals surface area contributed by atoms with E-state index in [1.807, 2.05) is 30.3 Å². The first-order chi connectivity index (χ1) is 5.79. The number of nitrogens with one attached hydrogen (secondary N) is 1. The molecule has 0 amide bonds. The lowest BCUT2D eigenvalue weighted by atomic mass is 10.3. The summed E-state index contributed by atoms with van der Waals surface area (Å²) in [7, 11) is 0. The summed E-state index contributed by atoms with van der Waals surface area (Å²) in [5.41, 5.74) is 0.948. The maximum Gasteiger partial charge on any atom is 0.210 e. The maximum atomic E-state index is 10.4. The van der Waals surface area contributed by atoms with Crippen LogP contribution in [0.25, 0.3) is 0 Å². The number of carbonyl (C=O) groups excluding carboxylic acids is 1. The van der Waals surface area contributed by atoms with Crippen molar-refractivity contribution in [3.05, 3.63) is 42.6 Å². The molecule has 1 aromatic carbocycles. The minimum atomic E-state index is -0.265. The molecule has 0 saturated heterocycles. The Balaban J connectivity index is 2.49. The van der Waals surface area contributed by atoms with Gasteiger partial charge >= 0.3 is 0 Å². The molecule has 0 unspecified atom stereocenters. The van der Waals surface area contributed by atoms with Crippen LogP contribution < -0.4 is 5.32 Å². The predicted octanol–water partition coefficient (Wildman–Crippen LogP) is 2.07. The third-order valence-corrected chi connectivity index (χ3v) is 1.40. The van der Waals surface area contributed by atoms with Crippen LogP contribution in [0.3, 0.4) is 0 Å². The highest BCUT2D eigenvalue weighted by atomic mass is 32.1. The largest absolute Gasteiger partial charge is 0.362 e. The molecule has 0 aromatic heterocycles. The molecule has 0 saturated carbocycles. The summed E-state index contributed by atoms with van der Waals surface area (Å²) < 4.78 is 0. The fourth-order valence-electron chi connectivity index (χ4n) is 0.744. The molecule has 1 aromatic rings. The number of hydrogen-bond donors (Lipinski definition) is 2. The summed E-state index contributed by atoms with van der Waals surface area (Å²) in [6, 6.07) is 9.58. The summed E-state index contributed by atoms with van der Waals surface area (Å²) in [5, 5.41) is 2.66. The zero-order valence-corrected chi connectivity index (χ0v) is 7.29. The van der Waals surface area contributed by atoms with Gasteiger partial charge in [0.2, 0.25) is 5.12 Å². The zero-order chi connectivity index (χ0) is 8.81. The van der Waals surface area contributed by atoms with E-state index in [-0.39, 0.29) is 5.12 Å². The standard InChI is InChI=1S/C9H9NOS/c11-9(12)6-7-10-8-4-2-1-3-5-8/h1-7,10H,(H,11,12)/b7-6+. The van der Waals surface area contributed by atoms with E-state index in [0.717, 1.165) is 5.69 Å². The van der Waals surface area contributed by atoms with Gasteiger partial charge in [-0.15, -0.1) is 12.6 Å². The van der Waals surface area contributed by atoms with Gasteiger partial charge < -0.3 is 5.32 Å². The maximum absolute atomic E-state index is 10.4. The average Bonchev–Trinajstić information content (AvgIpc) is 2.05. The second-order valence-electron chi connectivity index (χ2n) is 2.18. The zero-order valence-electron chi connectivity index (χ0n) is 6.40. The van der Waals surface area contributed by atoms with E-state index in [1.54, 1.807) is 6.20 Å². The quantitative estimate of drug-likeness (QED) is 0.549. The van der Waals surface area contributed by atoms with Crippen molar-refractivity contribution in [3.63, 3.8) is 0 Å². The van der Waals surface area contributed by atoms with Gasteiger partial charge in [-0.05, 0) is 12.1 Å². The van der Waals surface area contributed by atoms with Gasteiger partial charge in [0.05, 0.1) is 0 Å². The summed E-state index contributed by atoms with van der Waals surface area (Å²) in [6.45, 7) is 0. The molecule has 0 aliphatic heterocycles. The molecule has 12 heavy (non-hydrogen) atoms. The second kappa shape index (κ2) is 4.62. The number of thiol groups is 1. The summed E-state index contributed by atoms with van der Waals surface area (Å²) in [4.78, 5) is 10.4. The van der Waals surface area contributed by atoms with Crippen molar-refractivity contribution in [1.82, 2.24) is 0 Å². The number of anilines is 1. The van der Waals surface area contributed by atoms with Crippen molar-refractivity contribution in [3.8, 4) is 0 Å². The molecule has 0 atom stereocenters. The molecule has 3 heteroatoms. The van der Waals surface area contributed by atoms with Crippen molar-refractivity contribution in [2.75, 3.05) is 5.32 Å². The van der Waals surface area contributed by atoms with E-state index in [0.29, 0.717) is 0 Å². The van der Waals surface area contributed by atoms with Crippen LogP contribution in [0.5, 0.6) is 0 Å². The highest BCUT2D eigenvalue weighted by molar-refractivity contribution is 7.97. The van der Waals surface area contributed by atoms with E-state index in [4.69, 9.17) is 0 Å². The van der Waals surface area contributed by atoms with Gasteiger partial charge in [-0.2, -0.15) is 0 Å². The van der Waals surface area contributed by atoms with Gasteiger partial charge in [0.25, 0.3) is 0 Å². The van der Waals surface area contributed by atoms with E-state index < -0.39 is 0 Å². The SMILES string of the molecule is O=C(S)/C=C/Nc1ccccc1. The van der Waals surface area contributed by atoms with Crippen molar-refractivity contribution in [2.45, 2.75) is 0 Å². The Morgan fingerprint density at radius 3 is 2.58 bits per heavy atom. The highest BCUT2D eigenvalue weighted by Crippen LogP contribution is 2.04. The van der Waals surface area contributed by atoms with Crippen molar-refractivity contribution >= 4 is 23.4 Å². The normalized spacial score (nSPS) is 10.1. The first-order valence-electron chi connectivity index (χ1n) is 3.50. The molecule has 0 radical (unpaired) electrons. The summed E-state index contributed by atoms with van der Waals surface area (Å²) in [5.74, 6) is 0. The number of para-hydroxylation sites is 1. The molecule has 0 bridgehead atoms. The molecular weight excluding hydrogens is 170 g/mol. The highest BCUT2D eigenvalue weighted by Gasteiger charge is 1.84. The molecule has 1 rings (SSSR count). The van der Waals surface area contributed by atoms with Crippen LogP contribution in [-0.4, -0.2) is 5.12 Å². The van der Waals surface area contributed by atoms with E-state index in [2.05, 4.69) is 17.9 Å². The van der Waals surface area contributed by atoms with Crippen LogP contribution in [0.15, 0.2) is 42.6 Å². The van der Waals surface area contributed by atoms with Crippen LogP contribution >= 0.6 is 12.6 Å². The average molecular weight is 179 g/mol. The van der Waals surface area contributed by atoms with Crippen LogP contribution in [-0.2, 0) is 4.79 Å². The van der Waals surface area contributed by atoms with Gasteiger partial charge in [0, 0.05) is 18.0 Å². The minimum Gasteiger partial charge on any atom is -0.362 e. The smallest absolute Gasteiger partial charge is 0.210 e. The van der Waals surface area contributed by atoms with Crippen molar-refractivity contribution < 1.29 is 4.79 Å². The van der Waals surface area contributed by atoms with Crippen LogP contribution in [0.2, 0.25) is 0 Å². The van der Waals surface area contributed by atoms with Gasteiger partial charge in [-0.1, -0.05) is 18.2 Å². The second-order valence-corrected chi connectivity index (χ2v) is 2.62. The van der Waals surface area contributed by atoms with Crippen molar-refractivity contribution in [1.29, 1.82) is 0 Å². The monoisotopic (exact) mass is 179 g/mol. The Hall–Kier alpha value is -1.22. The molecule has 0 aliphatic rings. The topological polar surface area (TPSA) is 29.1 Å². The lowest BCUT2D eigenvalue weighted by Gasteiger charge is -1.97. The van der Waals surface area contributed by atoms with Gasteiger partial charge in [0.1, 0.15) is 0 Å². The Labute approximate surface area is 76.7 Å². The first kappa shape index (κ1) is 8.87. The predicted molar refractivity (Wildman–Crippen MR) is 53.2 cm³/mol. The molecule has 2 nitrogen and oxygen atoms in total. The Morgan fingerprint density at radius 2 is 2.00 bits per heavy atom. The number of rotatable bonds is 3. The molecule has 62 valence electrons. The van der Waals surface area contributed by atoms with Crippen LogP contribution in [0.4, 0.5) is 5.69 Å². The lowest BCUT2D eigenvalue weighted by molar-refractivity contribution is -0.106. The molecule has 0 heterocycles. The molecule has 0 fully saturated rings. The van der Waals surface area contributed by atoms with E-state index in [1.165, 1.54) is 6.08 Å². The third-order valence-electron chi connectivity index (χ3n) is 1.25. The Bertz CT molecular complexity index is 282. The van der Waals surface area contributed by atoms with E-state index in [9.17, 15) is 4.79 Å². The van der Waals surface area contributed by atoms with Gasteiger partial charge in [0.15, 0.2) is 0 Å². The lowest BCUT2D eigenvalue weighted by Crippen LogP contribution is -1.87. The van der Waals surface area contributed by atoms with Gasteiger partial charge in [-0.3, -0.25) is 4.79 Å².